The Morgan fingerprint density at radius 1 is 0.696 bits per heavy atom. The van der Waals surface area contributed by atoms with Crippen molar-refractivity contribution in [2.75, 3.05) is 0 Å². The maximum atomic E-state index is 3.60. The molecule has 0 saturated heterocycles. The lowest BCUT2D eigenvalue weighted by molar-refractivity contribution is 1.47. The van der Waals surface area contributed by atoms with E-state index in [1.165, 1.54) is 37.7 Å². The van der Waals surface area contributed by atoms with Gasteiger partial charge in [0, 0.05) is 21.8 Å². The highest BCUT2D eigenvalue weighted by Crippen LogP contribution is 2.25. The molecule has 0 spiro atoms. The Hall–Kier alpha value is -2.32. The Labute approximate surface area is 138 Å². The molecule has 0 fully saturated rings. The first-order valence-corrected chi connectivity index (χ1v) is 11.1. The summed E-state index contributed by atoms with van der Waals surface area (Å²) in [6, 6.07) is 24.6. The van der Waals surface area contributed by atoms with Crippen molar-refractivity contribution >= 4 is 40.3 Å². The minimum Gasteiger partial charge on any atom is -0.355 e. The van der Waals surface area contributed by atoms with Crippen molar-refractivity contribution in [2.45, 2.75) is 20.0 Å². The van der Waals surface area contributed by atoms with Crippen LogP contribution in [-0.4, -0.2) is 13.1 Å². The van der Waals surface area contributed by atoms with Crippen LogP contribution < -0.4 is 10.4 Å². The summed E-state index contributed by atoms with van der Waals surface area (Å²) in [5, 5.41) is 5.59. The fourth-order valence-electron chi connectivity index (χ4n) is 3.43. The van der Waals surface area contributed by atoms with Crippen molar-refractivity contribution < 1.29 is 0 Å². The van der Waals surface area contributed by atoms with E-state index in [1.807, 2.05) is 0 Å². The van der Waals surface area contributed by atoms with Gasteiger partial charge < -0.3 is 4.98 Å². The van der Waals surface area contributed by atoms with Gasteiger partial charge in [-0.1, -0.05) is 78.1 Å². The van der Waals surface area contributed by atoms with Gasteiger partial charge in [-0.2, -0.15) is 0 Å². The lowest BCUT2D eigenvalue weighted by Gasteiger charge is -2.23. The Morgan fingerprint density at radius 2 is 1.35 bits per heavy atom. The van der Waals surface area contributed by atoms with E-state index in [9.17, 15) is 0 Å². The second-order valence-corrected chi connectivity index (χ2v) is 11.3. The van der Waals surface area contributed by atoms with Crippen LogP contribution in [0.4, 0.5) is 0 Å². The van der Waals surface area contributed by atoms with E-state index in [0.717, 1.165) is 0 Å². The number of fused-ring (bicyclic) bond motifs is 3. The van der Waals surface area contributed by atoms with Crippen LogP contribution in [0.3, 0.4) is 0 Å². The van der Waals surface area contributed by atoms with Crippen LogP contribution in [0.25, 0.3) is 21.8 Å². The summed E-state index contributed by atoms with van der Waals surface area (Å²) in [7, 11) is -1.65. The molecule has 0 amide bonds. The van der Waals surface area contributed by atoms with Gasteiger partial charge in [-0.25, -0.2) is 0 Å². The van der Waals surface area contributed by atoms with E-state index in [4.69, 9.17) is 0 Å². The van der Waals surface area contributed by atoms with Gasteiger partial charge in [-0.05, 0) is 24.6 Å². The zero-order valence-electron chi connectivity index (χ0n) is 13.9. The molecule has 0 aliphatic rings. The minimum atomic E-state index is -1.65. The van der Waals surface area contributed by atoms with E-state index in [0.29, 0.717) is 0 Å². The van der Waals surface area contributed by atoms with Crippen LogP contribution in [0, 0.1) is 6.92 Å². The molecule has 0 unspecified atom stereocenters. The van der Waals surface area contributed by atoms with Gasteiger partial charge in [0.1, 0.15) is 8.07 Å². The van der Waals surface area contributed by atoms with Crippen LogP contribution in [0.15, 0.2) is 66.7 Å². The van der Waals surface area contributed by atoms with Crippen LogP contribution in [0.5, 0.6) is 0 Å². The monoisotopic (exact) mass is 315 g/mol. The van der Waals surface area contributed by atoms with Crippen LogP contribution in [0.2, 0.25) is 13.1 Å². The maximum Gasteiger partial charge on any atom is 0.112 e. The Balaban J connectivity index is 1.90. The number of nitrogens with one attached hydrogen (secondary N) is 1. The van der Waals surface area contributed by atoms with Crippen LogP contribution in [0.1, 0.15) is 5.56 Å². The first-order chi connectivity index (χ1) is 11.1. The molecule has 3 aromatic carbocycles. The SMILES string of the molecule is Cc1ccc2c(c1)[nH]c1cc([Si](C)(C)c3ccccc3)ccc12. The van der Waals surface area contributed by atoms with E-state index >= 15 is 0 Å². The molecule has 23 heavy (non-hydrogen) atoms. The van der Waals surface area contributed by atoms with E-state index < -0.39 is 8.07 Å². The number of benzene rings is 3. The fraction of sp³-hybridized carbons (Fsp3) is 0.143. The standard InChI is InChI=1S/C21H21NSi/c1-15-9-11-18-19-12-10-17(14-21(19)22-20(18)13-15)23(2,3)16-7-5-4-6-8-16/h4-14,22H,1-3H3. The molecule has 114 valence electrons. The van der Waals surface area contributed by atoms with Crippen LogP contribution >= 0.6 is 0 Å². The summed E-state index contributed by atoms with van der Waals surface area (Å²) >= 11 is 0. The molecule has 0 aliphatic carbocycles. The molecule has 1 N–H and O–H groups in total. The molecule has 0 atom stereocenters. The average Bonchev–Trinajstić information content (AvgIpc) is 2.92. The van der Waals surface area contributed by atoms with Gasteiger partial charge in [0.25, 0.3) is 0 Å². The lowest BCUT2D eigenvalue weighted by Crippen LogP contribution is -2.52. The Kier molecular flexibility index (Phi) is 3.17. The third-order valence-electron chi connectivity index (χ3n) is 4.97. The average molecular weight is 315 g/mol. The van der Waals surface area contributed by atoms with Crippen molar-refractivity contribution in [3.63, 3.8) is 0 Å². The summed E-state index contributed by atoms with van der Waals surface area (Å²) in [6.07, 6.45) is 0. The molecule has 4 rings (SSSR count). The molecule has 2 heteroatoms. The van der Waals surface area contributed by atoms with Crippen molar-refractivity contribution in [1.29, 1.82) is 0 Å². The Morgan fingerprint density at radius 3 is 2.09 bits per heavy atom. The molecule has 0 aliphatic heterocycles. The molecule has 0 bridgehead atoms. The zero-order valence-corrected chi connectivity index (χ0v) is 14.9. The van der Waals surface area contributed by atoms with Gasteiger partial charge in [0.2, 0.25) is 0 Å². The first-order valence-electron chi connectivity index (χ1n) is 8.14. The predicted molar refractivity (Wildman–Crippen MR) is 104 cm³/mol. The number of rotatable bonds is 2. The van der Waals surface area contributed by atoms with Crippen molar-refractivity contribution in [2.24, 2.45) is 0 Å². The highest BCUT2D eigenvalue weighted by Gasteiger charge is 2.26. The summed E-state index contributed by atoms with van der Waals surface area (Å²) in [5.74, 6) is 0. The molecule has 4 aromatic rings. The highest BCUT2D eigenvalue weighted by molar-refractivity contribution is 7.00. The quantitative estimate of drug-likeness (QED) is 0.526. The number of aromatic amines is 1. The molecule has 1 nitrogen and oxygen atoms in total. The summed E-state index contributed by atoms with van der Waals surface area (Å²) in [6.45, 7) is 6.99. The topological polar surface area (TPSA) is 15.8 Å². The lowest BCUT2D eigenvalue weighted by atomic mass is 10.1. The molecule has 0 saturated carbocycles. The van der Waals surface area contributed by atoms with Gasteiger partial charge in [0.05, 0.1) is 0 Å². The van der Waals surface area contributed by atoms with Crippen LogP contribution in [-0.2, 0) is 0 Å². The van der Waals surface area contributed by atoms with Gasteiger partial charge in [-0.15, -0.1) is 0 Å². The largest absolute Gasteiger partial charge is 0.355 e. The second-order valence-electron chi connectivity index (χ2n) is 6.93. The molecular formula is C21H21NSi. The second kappa shape index (κ2) is 5.10. The van der Waals surface area contributed by atoms with E-state index in [1.54, 1.807) is 0 Å². The first kappa shape index (κ1) is 14.3. The molecule has 1 heterocycles. The third kappa shape index (κ3) is 2.30. The molecule has 0 radical (unpaired) electrons. The third-order valence-corrected chi connectivity index (χ3v) is 8.50. The fourth-order valence-corrected chi connectivity index (χ4v) is 5.80. The number of H-pyrrole nitrogens is 1. The van der Waals surface area contributed by atoms with Crippen molar-refractivity contribution in [3.8, 4) is 0 Å². The summed E-state index contributed by atoms with van der Waals surface area (Å²) < 4.78 is 0. The van der Waals surface area contributed by atoms with Gasteiger partial charge in [-0.3, -0.25) is 0 Å². The zero-order chi connectivity index (χ0) is 16.0. The number of aryl methyl sites for hydroxylation is 1. The predicted octanol–water partition coefficient (Wildman–Crippen LogP) is 4.45. The number of hydrogen-bond acceptors (Lipinski definition) is 0. The van der Waals surface area contributed by atoms with Gasteiger partial charge >= 0.3 is 0 Å². The highest BCUT2D eigenvalue weighted by atomic mass is 28.3. The van der Waals surface area contributed by atoms with Crippen molar-refractivity contribution in [1.82, 2.24) is 4.98 Å². The van der Waals surface area contributed by atoms with E-state index in [2.05, 4.69) is 91.7 Å². The normalized spacial score (nSPS) is 12.1. The van der Waals surface area contributed by atoms with Gasteiger partial charge in [0.15, 0.2) is 0 Å². The maximum absolute atomic E-state index is 3.60. The van der Waals surface area contributed by atoms with Crippen molar-refractivity contribution in [3.05, 3.63) is 72.3 Å². The number of hydrogen-bond donors (Lipinski definition) is 1. The smallest absolute Gasteiger partial charge is 0.112 e. The summed E-state index contributed by atoms with van der Waals surface area (Å²) in [5.41, 5.74) is 3.78. The molecular weight excluding hydrogens is 294 g/mol. The number of aromatic nitrogens is 1. The van der Waals surface area contributed by atoms with E-state index in [-0.39, 0.29) is 0 Å². The Bertz CT molecular complexity index is 996. The summed E-state index contributed by atoms with van der Waals surface area (Å²) in [4.78, 5) is 3.60. The minimum absolute atomic E-state index is 1.23. The molecule has 1 aromatic heterocycles.